The van der Waals surface area contributed by atoms with E-state index in [9.17, 15) is 9.59 Å². The summed E-state index contributed by atoms with van der Waals surface area (Å²) in [6.45, 7) is 12.9. The summed E-state index contributed by atoms with van der Waals surface area (Å²) in [5.41, 5.74) is 9.10. The third kappa shape index (κ3) is 8.13. The second-order valence-electron chi connectivity index (χ2n) is 17.1. The van der Waals surface area contributed by atoms with Crippen LogP contribution < -0.4 is 0 Å². The van der Waals surface area contributed by atoms with Gasteiger partial charge < -0.3 is 19.8 Å². The number of likely N-dealkylation sites (tertiary alicyclic amines) is 2. The van der Waals surface area contributed by atoms with Crippen LogP contribution in [-0.4, -0.2) is 90.6 Å². The lowest BCUT2D eigenvalue weighted by molar-refractivity contribution is -0.139. The van der Waals surface area contributed by atoms with Gasteiger partial charge in [0.25, 0.3) is 0 Å². The third-order valence-electron chi connectivity index (χ3n) is 13.7. The fourth-order valence-corrected chi connectivity index (χ4v) is 10.4. The molecule has 1 aliphatic carbocycles. The number of hydrogen-bond donors (Lipinski definition) is 2. The minimum Gasteiger partial charge on any atom is -0.344 e. The van der Waals surface area contributed by atoms with Gasteiger partial charge in [-0.05, 0) is 105 Å². The molecule has 326 valence electrons. The fourth-order valence-electron chi connectivity index (χ4n) is 10.4. The molecule has 10 nitrogen and oxygen atoms in total. The number of likely N-dealkylation sites (N-methyl/N-ethyl adjacent to an activating group) is 2. The first-order valence-corrected chi connectivity index (χ1v) is 23.1. The zero-order chi connectivity index (χ0) is 43.6. The van der Waals surface area contributed by atoms with Crippen molar-refractivity contribution in [2.24, 2.45) is 0 Å². The van der Waals surface area contributed by atoms with Crippen molar-refractivity contribution in [2.45, 2.75) is 90.4 Å². The number of H-pyrrole nitrogens is 2. The molecule has 2 amide bonds. The fraction of sp³-hybridized carbons (Fsp3) is 0.385. The maximum atomic E-state index is 16.1. The molecule has 63 heavy (non-hydrogen) atoms. The molecule has 2 aromatic heterocycles. The van der Waals surface area contributed by atoms with Gasteiger partial charge in [-0.15, -0.1) is 0 Å². The highest BCUT2D eigenvalue weighted by Crippen LogP contribution is 2.41. The van der Waals surface area contributed by atoms with Gasteiger partial charge in [0.05, 0.1) is 29.7 Å². The quantitative estimate of drug-likeness (QED) is 0.113. The number of carbonyl (C=O) groups is 2. The Kier molecular flexibility index (Phi) is 12.4. The van der Waals surface area contributed by atoms with Crippen molar-refractivity contribution in [1.29, 1.82) is 0 Å². The predicted molar refractivity (Wildman–Crippen MR) is 246 cm³/mol. The van der Waals surface area contributed by atoms with Gasteiger partial charge in [-0.2, -0.15) is 0 Å². The molecule has 4 aromatic carbocycles. The molecule has 0 spiro atoms. The minimum atomic E-state index is -0.375. The standard InChI is InChI=1S/C52H59FN8O2/c1-5-58(6-2)47(34-17-11-9-12-18-34)51(62)60-29-15-21-44(60)49-54-33-43(56-49)40-27-24-37(32-41(40)53)36-23-26-39-38(31-36)25-28-42-46(39)57-50(55-42)45-22-16-30-61(45)52(63)48(59(7-3)8-4)35-19-13-10-14-20-35/h9-14,17-20,23-24,26-27,31-33,44-45,47-48H,5-8,15-16,21-22,25,28-30H2,1-4H3,(H,54,56)(H,55,57)/t44-,45-,47+,48+/m0/s1. The van der Waals surface area contributed by atoms with Crippen LogP contribution in [0.4, 0.5) is 4.39 Å². The maximum Gasteiger partial charge on any atom is 0.245 e. The van der Waals surface area contributed by atoms with E-state index in [0.29, 0.717) is 30.2 Å². The van der Waals surface area contributed by atoms with Crippen molar-refractivity contribution in [3.63, 3.8) is 0 Å². The van der Waals surface area contributed by atoms with Gasteiger partial charge in [-0.25, -0.2) is 14.4 Å². The number of fused-ring (bicyclic) bond motifs is 3. The summed E-state index contributed by atoms with van der Waals surface area (Å²) < 4.78 is 16.1. The van der Waals surface area contributed by atoms with Crippen molar-refractivity contribution >= 4 is 11.8 Å². The first kappa shape index (κ1) is 42.4. The number of nitrogens with zero attached hydrogens (tertiary/aromatic N) is 6. The predicted octanol–water partition coefficient (Wildman–Crippen LogP) is 9.86. The Labute approximate surface area is 370 Å². The van der Waals surface area contributed by atoms with Crippen molar-refractivity contribution in [3.05, 3.63) is 143 Å². The Morgan fingerprint density at radius 3 is 1.78 bits per heavy atom. The first-order chi connectivity index (χ1) is 30.8. The summed E-state index contributed by atoms with van der Waals surface area (Å²) in [5, 5.41) is 0. The van der Waals surface area contributed by atoms with Gasteiger partial charge in [-0.1, -0.05) is 113 Å². The number of benzene rings is 4. The molecule has 4 heterocycles. The second-order valence-corrected chi connectivity index (χ2v) is 17.1. The molecular formula is C52H59FN8O2. The normalized spacial score (nSPS) is 18.2. The van der Waals surface area contributed by atoms with Gasteiger partial charge in [0.2, 0.25) is 11.8 Å². The topological polar surface area (TPSA) is 104 Å². The molecule has 6 aromatic rings. The number of aromatic nitrogens is 4. The highest BCUT2D eigenvalue weighted by atomic mass is 19.1. The number of aryl methyl sites for hydroxylation is 2. The largest absolute Gasteiger partial charge is 0.344 e. The van der Waals surface area contributed by atoms with Gasteiger partial charge in [0.1, 0.15) is 29.5 Å². The molecule has 3 aliphatic rings. The summed E-state index contributed by atoms with van der Waals surface area (Å²) >= 11 is 0. The highest BCUT2D eigenvalue weighted by Gasteiger charge is 2.40. The Balaban J connectivity index is 0.919. The number of amides is 2. The molecular weight excluding hydrogens is 788 g/mol. The van der Waals surface area contributed by atoms with Crippen LogP contribution in [-0.2, 0) is 22.4 Å². The van der Waals surface area contributed by atoms with Crippen LogP contribution in [0.2, 0.25) is 0 Å². The molecule has 0 unspecified atom stereocenters. The molecule has 0 bridgehead atoms. The van der Waals surface area contributed by atoms with Gasteiger partial charge >= 0.3 is 0 Å². The SMILES string of the molecule is CCN(CC)[C@@H](C(=O)N1CCC[C@H]1c1ncc(-c2ccc(-c3ccc4c(c3)CCc3[nH]c([C@@H]5CCCN5C(=O)[C@@H](c5ccccc5)N(CC)CC)nc3-4)cc2F)[nH]1)c1ccccc1. The molecule has 0 radical (unpaired) electrons. The van der Waals surface area contributed by atoms with E-state index in [0.717, 1.165) is 110 Å². The average Bonchev–Trinajstić information content (AvgIpc) is 4.17. The molecule has 2 aliphatic heterocycles. The van der Waals surface area contributed by atoms with Crippen LogP contribution in [0.15, 0.2) is 103 Å². The van der Waals surface area contributed by atoms with Crippen LogP contribution in [0.3, 0.4) is 0 Å². The van der Waals surface area contributed by atoms with E-state index < -0.39 is 0 Å². The van der Waals surface area contributed by atoms with Gasteiger partial charge in [0.15, 0.2) is 0 Å². The molecule has 4 atom stereocenters. The minimum absolute atomic E-state index is 0.0745. The third-order valence-corrected chi connectivity index (χ3v) is 13.7. The summed E-state index contributed by atoms with van der Waals surface area (Å²) in [5.74, 6) is 1.41. The van der Waals surface area contributed by atoms with E-state index in [4.69, 9.17) is 9.97 Å². The zero-order valence-corrected chi connectivity index (χ0v) is 37.0. The number of hydrogen-bond acceptors (Lipinski definition) is 6. The maximum absolute atomic E-state index is 16.1. The van der Waals surface area contributed by atoms with Gasteiger partial charge in [0, 0.05) is 29.9 Å². The number of nitrogens with one attached hydrogen (secondary N) is 2. The van der Waals surface area contributed by atoms with E-state index in [1.807, 2.05) is 70.5 Å². The number of rotatable bonds is 14. The number of aromatic amines is 2. The van der Waals surface area contributed by atoms with E-state index in [2.05, 4.69) is 77.8 Å². The summed E-state index contributed by atoms with van der Waals surface area (Å²) in [6, 6.07) is 30.8. The lowest BCUT2D eigenvalue weighted by atomic mass is 9.89. The Morgan fingerprint density at radius 1 is 0.683 bits per heavy atom. The summed E-state index contributed by atoms with van der Waals surface area (Å²) in [7, 11) is 0. The molecule has 2 saturated heterocycles. The van der Waals surface area contributed by atoms with Crippen LogP contribution in [0.25, 0.3) is 33.6 Å². The molecule has 0 saturated carbocycles. The molecule has 9 rings (SSSR count). The van der Waals surface area contributed by atoms with Crippen LogP contribution in [0.5, 0.6) is 0 Å². The zero-order valence-electron chi connectivity index (χ0n) is 37.0. The smallest absolute Gasteiger partial charge is 0.245 e. The lowest BCUT2D eigenvalue weighted by Gasteiger charge is -2.34. The van der Waals surface area contributed by atoms with E-state index in [1.165, 1.54) is 5.56 Å². The Hall–Kier alpha value is -5.91. The van der Waals surface area contributed by atoms with Crippen molar-refractivity contribution < 1.29 is 14.0 Å². The highest BCUT2D eigenvalue weighted by molar-refractivity contribution is 5.85. The monoisotopic (exact) mass is 846 g/mol. The van der Waals surface area contributed by atoms with Crippen molar-refractivity contribution in [3.8, 4) is 33.6 Å². The van der Waals surface area contributed by atoms with E-state index in [-0.39, 0.29) is 41.8 Å². The van der Waals surface area contributed by atoms with Crippen molar-refractivity contribution in [1.82, 2.24) is 39.5 Å². The Bertz CT molecular complexity index is 2550. The molecule has 2 N–H and O–H groups in total. The van der Waals surface area contributed by atoms with Crippen LogP contribution in [0, 0.1) is 5.82 Å². The van der Waals surface area contributed by atoms with E-state index in [1.54, 1.807) is 12.3 Å². The number of halogens is 1. The lowest BCUT2D eigenvalue weighted by Crippen LogP contribution is -2.43. The van der Waals surface area contributed by atoms with Crippen molar-refractivity contribution in [2.75, 3.05) is 39.3 Å². The number of imidazole rings is 2. The summed E-state index contributed by atoms with van der Waals surface area (Å²) in [4.78, 5) is 54.2. The summed E-state index contributed by atoms with van der Waals surface area (Å²) in [6.07, 6.45) is 6.82. The molecule has 2 fully saturated rings. The van der Waals surface area contributed by atoms with E-state index >= 15 is 4.39 Å². The molecule has 11 heteroatoms. The Morgan fingerprint density at radius 2 is 1.22 bits per heavy atom. The second kappa shape index (κ2) is 18.4. The average molecular weight is 847 g/mol. The van der Waals surface area contributed by atoms with Crippen LogP contribution in [0.1, 0.15) is 112 Å². The first-order valence-electron chi connectivity index (χ1n) is 23.1. The van der Waals surface area contributed by atoms with Crippen LogP contribution >= 0.6 is 0 Å². The number of carbonyl (C=O) groups excluding carboxylic acids is 2. The van der Waals surface area contributed by atoms with Gasteiger partial charge in [-0.3, -0.25) is 19.4 Å².